The monoisotopic (exact) mass is 344 g/mol. The summed E-state index contributed by atoms with van der Waals surface area (Å²) < 4.78 is 0. The van der Waals surface area contributed by atoms with Gasteiger partial charge in [-0.05, 0) is 5.92 Å². The maximum absolute atomic E-state index is 12.1. The zero-order valence-electron chi connectivity index (χ0n) is 16.3. The Labute approximate surface area is 154 Å². The Morgan fingerprint density at radius 3 is 2.00 bits per heavy atom. The number of hydrogen-bond donors (Lipinski definition) is 0. The highest BCUT2D eigenvalue weighted by atomic mass is 16.1. The van der Waals surface area contributed by atoms with Crippen LogP contribution in [0.1, 0.15) is 101 Å². The van der Waals surface area contributed by atoms with E-state index in [-0.39, 0.29) is 18.0 Å². The third kappa shape index (κ3) is 10.9. The van der Waals surface area contributed by atoms with Crippen molar-refractivity contribution in [2.24, 2.45) is 5.92 Å². The third-order valence-corrected chi connectivity index (χ3v) is 4.83. The van der Waals surface area contributed by atoms with Crippen LogP contribution in [-0.2, 0) is 4.79 Å². The van der Waals surface area contributed by atoms with E-state index in [4.69, 9.17) is 0 Å². The summed E-state index contributed by atoms with van der Waals surface area (Å²) in [6.07, 6.45) is 13.7. The number of carbonyl (C=O) groups is 2. The molecule has 0 spiro atoms. The molecule has 0 saturated heterocycles. The number of rotatable bonds is 15. The van der Waals surface area contributed by atoms with Gasteiger partial charge in [0.25, 0.3) is 0 Å². The molecule has 0 saturated carbocycles. The number of carbonyl (C=O) groups excluding carboxylic acids is 2. The molecule has 2 nitrogen and oxygen atoms in total. The van der Waals surface area contributed by atoms with Crippen LogP contribution in [-0.4, -0.2) is 11.6 Å². The molecule has 0 aromatic heterocycles. The van der Waals surface area contributed by atoms with Gasteiger partial charge in [0.05, 0.1) is 6.42 Å². The van der Waals surface area contributed by atoms with E-state index in [9.17, 15) is 9.59 Å². The van der Waals surface area contributed by atoms with Crippen LogP contribution in [0.25, 0.3) is 0 Å². The number of unbranched alkanes of at least 4 members (excludes halogenated alkanes) is 8. The molecule has 1 aromatic carbocycles. The molecule has 0 N–H and O–H groups in total. The van der Waals surface area contributed by atoms with Crippen molar-refractivity contribution in [2.45, 2.75) is 90.9 Å². The van der Waals surface area contributed by atoms with E-state index in [2.05, 4.69) is 13.8 Å². The third-order valence-electron chi connectivity index (χ3n) is 4.83. The summed E-state index contributed by atoms with van der Waals surface area (Å²) in [6.45, 7) is 4.39. The summed E-state index contributed by atoms with van der Waals surface area (Å²) in [7, 11) is 0. The minimum absolute atomic E-state index is 0.0477. The Morgan fingerprint density at radius 1 is 0.840 bits per heavy atom. The molecule has 140 valence electrons. The van der Waals surface area contributed by atoms with Crippen LogP contribution in [0.5, 0.6) is 0 Å². The summed E-state index contributed by atoms with van der Waals surface area (Å²) in [6, 6.07) is 9.11. The van der Waals surface area contributed by atoms with Crippen molar-refractivity contribution in [3.63, 3.8) is 0 Å². The zero-order valence-corrected chi connectivity index (χ0v) is 16.3. The predicted octanol–water partition coefficient (Wildman–Crippen LogP) is 6.78. The van der Waals surface area contributed by atoms with Crippen LogP contribution in [0, 0.1) is 5.92 Å². The van der Waals surface area contributed by atoms with Crippen LogP contribution in [0.4, 0.5) is 0 Å². The zero-order chi connectivity index (χ0) is 18.3. The fraction of sp³-hybridized carbons (Fsp3) is 0.652. The van der Waals surface area contributed by atoms with Crippen molar-refractivity contribution >= 4 is 11.6 Å². The molecule has 1 aromatic rings. The summed E-state index contributed by atoms with van der Waals surface area (Å²) in [5.74, 6) is 0.416. The molecule has 1 unspecified atom stereocenters. The Morgan fingerprint density at radius 2 is 1.40 bits per heavy atom. The molecule has 1 atom stereocenters. The largest absolute Gasteiger partial charge is 0.299 e. The van der Waals surface area contributed by atoms with Crippen LogP contribution >= 0.6 is 0 Å². The Kier molecular flexibility index (Phi) is 11.9. The Balaban J connectivity index is 2.05. The van der Waals surface area contributed by atoms with Gasteiger partial charge >= 0.3 is 0 Å². The second kappa shape index (κ2) is 13.8. The maximum atomic E-state index is 12.1. The van der Waals surface area contributed by atoms with Gasteiger partial charge in [0.15, 0.2) is 5.78 Å². The first-order chi connectivity index (χ1) is 12.1. The van der Waals surface area contributed by atoms with Crippen LogP contribution in [0.15, 0.2) is 30.3 Å². The fourth-order valence-corrected chi connectivity index (χ4v) is 3.27. The fourth-order valence-electron chi connectivity index (χ4n) is 3.27. The number of Topliss-reactive ketones (excluding diaryl/α,β-unsaturated/α-hetero) is 2. The normalized spacial score (nSPS) is 12.1. The van der Waals surface area contributed by atoms with Gasteiger partial charge in [-0.2, -0.15) is 0 Å². The van der Waals surface area contributed by atoms with Crippen LogP contribution in [0.2, 0.25) is 0 Å². The van der Waals surface area contributed by atoms with Gasteiger partial charge in [-0.25, -0.2) is 0 Å². The average Bonchev–Trinajstić information content (AvgIpc) is 2.61. The maximum Gasteiger partial charge on any atom is 0.170 e. The quantitative estimate of drug-likeness (QED) is 0.200. The van der Waals surface area contributed by atoms with E-state index < -0.39 is 0 Å². The topological polar surface area (TPSA) is 34.1 Å². The molecule has 0 aliphatic carbocycles. The van der Waals surface area contributed by atoms with Gasteiger partial charge < -0.3 is 0 Å². The Bertz CT molecular complexity index is 478. The molecule has 0 aliphatic heterocycles. The van der Waals surface area contributed by atoms with Gasteiger partial charge in [0.2, 0.25) is 0 Å². The smallest absolute Gasteiger partial charge is 0.170 e. The standard InChI is InChI=1S/C23H36O2/c1-3-4-5-6-7-8-9-10-12-15-20(2)18-22(24)19-23(25)21-16-13-11-14-17-21/h11,13-14,16-17,20H,3-10,12,15,18-19H2,1-2H3. The van der Waals surface area contributed by atoms with E-state index >= 15 is 0 Å². The first-order valence-electron chi connectivity index (χ1n) is 10.2. The van der Waals surface area contributed by atoms with E-state index in [1.54, 1.807) is 12.1 Å². The first kappa shape index (κ1) is 21.6. The number of ketones is 2. The van der Waals surface area contributed by atoms with Crippen LogP contribution < -0.4 is 0 Å². The van der Waals surface area contributed by atoms with E-state index in [1.807, 2.05) is 18.2 Å². The summed E-state index contributed by atoms with van der Waals surface area (Å²) in [4.78, 5) is 24.1. The molecule has 0 aliphatic rings. The molecular weight excluding hydrogens is 308 g/mol. The predicted molar refractivity (Wildman–Crippen MR) is 106 cm³/mol. The van der Waals surface area contributed by atoms with E-state index in [0.717, 1.165) is 6.42 Å². The SMILES string of the molecule is CCCCCCCCCCCC(C)CC(=O)CC(=O)c1ccccc1. The van der Waals surface area contributed by atoms with Crippen LogP contribution in [0.3, 0.4) is 0 Å². The lowest BCUT2D eigenvalue weighted by Crippen LogP contribution is -2.11. The second-order valence-electron chi connectivity index (χ2n) is 7.43. The van der Waals surface area contributed by atoms with Crippen molar-refractivity contribution in [2.75, 3.05) is 0 Å². The molecule has 0 radical (unpaired) electrons. The summed E-state index contributed by atoms with van der Waals surface area (Å²) in [5, 5.41) is 0. The van der Waals surface area contributed by atoms with E-state index in [1.165, 1.54) is 57.8 Å². The second-order valence-corrected chi connectivity index (χ2v) is 7.43. The lowest BCUT2D eigenvalue weighted by molar-refractivity contribution is -0.119. The summed E-state index contributed by atoms with van der Waals surface area (Å²) in [5.41, 5.74) is 0.641. The first-order valence-corrected chi connectivity index (χ1v) is 10.2. The Hall–Kier alpha value is -1.44. The molecular formula is C23H36O2. The number of hydrogen-bond acceptors (Lipinski definition) is 2. The minimum atomic E-state index is -0.0547. The van der Waals surface area contributed by atoms with Gasteiger partial charge in [-0.15, -0.1) is 0 Å². The molecule has 1 rings (SSSR count). The molecule has 0 fully saturated rings. The highest BCUT2D eigenvalue weighted by Gasteiger charge is 2.14. The van der Waals surface area contributed by atoms with Gasteiger partial charge in [0.1, 0.15) is 5.78 Å². The summed E-state index contributed by atoms with van der Waals surface area (Å²) >= 11 is 0. The minimum Gasteiger partial charge on any atom is -0.299 e. The molecule has 0 amide bonds. The molecule has 0 heterocycles. The van der Waals surface area contributed by atoms with Crippen molar-refractivity contribution in [1.82, 2.24) is 0 Å². The van der Waals surface area contributed by atoms with Crippen molar-refractivity contribution in [3.8, 4) is 0 Å². The highest BCUT2D eigenvalue weighted by Crippen LogP contribution is 2.17. The number of benzene rings is 1. The lowest BCUT2D eigenvalue weighted by Gasteiger charge is -2.10. The lowest BCUT2D eigenvalue weighted by atomic mass is 9.94. The highest BCUT2D eigenvalue weighted by molar-refractivity contribution is 6.07. The average molecular weight is 345 g/mol. The van der Waals surface area contributed by atoms with E-state index in [0.29, 0.717) is 17.9 Å². The molecule has 25 heavy (non-hydrogen) atoms. The molecule has 0 bridgehead atoms. The van der Waals surface area contributed by atoms with Crippen molar-refractivity contribution in [3.05, 3.63) is 35.9 Å². The van der Waals surface area contributed by atoms with Gasteiger partial charge in [-0.1, -0.05) is 108 Å². The van der Waals surface area contributed by atoms with Crippen molar-refractivity contribution in [1.29, 1.82) is 0 Å². The van der Waals surface area contributed by atoms with Gasteiger partial charge in [-0.3, -0.25) is 9.59 Å². The van der Waals surface area contributed by atoms with Gasteiger partial charge in [0, 0.05) is 12.0 Å². The molecule has 2 heteroatoms. The van der Waals surface area contributed by atoms with Crippen molar-refractivity contribution < 1.29 is 9.59 Å².